The van der Waals surface area contributed by atoms with Crippen molar-refractivity contribution in [2.45, 2.75) is 13.8 Å². The van der Waals surface area contributed by atoms with E-state index in [2.05, 4.69) is 10.3 Å². The summed E-state index contributed by atoms with van der Waals surface area (Å²) in [7, 11) is 0. The van der Waals surface area contributed by atoms with Crippen molar-refractivity contribution in [1.29, 1.82) is 0 Å². The van der Waals surface area contributed by atoms with E-state index in [0.29, 0.717) is 10.6 Å². The molecule has 17 heavy (non-hydrogen) atoms. The SMILES string of the molecule is CC(=O)c1sc(NC(=O)/C=C/C(=O)O)nc1C. The number of carbonyl (C=O) groups is 3. The summed E-state index contributed by atoms with van der Waals surface area (Å²) < 4.78 is 0. The lowest BCUT2D eigenvalue weighted by atomic mass is 10.3. The zero-order valence-electron chi connectivity index (χ0n) is 9.18. The van der Waals surface area contributed by atoms with Gasteiger partial charge in [-0.3, -0.25) is 14.9 Å². The molecule has 1 heterocycles. The van der Waals surface area contributed by atoms with Gasteiger partial charge >= 0.3 is 5.97 Å². The highest BCUT2D eigenvalue weighted by atomic mass is 32.1. The van der Waals surface area contributed by atoms with Crippen molar-refractivity contribution >= 4 is 34.1 Å². The molecule has 2 N–H and O–H groups in total. The van der Waals surface area contributed by atoms with E-state index in [1.807, 2.05) is 0 Å². The minimum Gasteiger partial charge on any atom is -0.478 e. The van der Waals surface area contributed by atoms with Crippen molar-refractivity contribution in [2.24, 2.45) is 0 Å². The van der Waals surface area contributed by atoms with E-state index in [1.165, 1.54) is 6.92 Å². The summed E-state index contributed by atoms with van der Waals surface area (Å²) in [5, 5.41) is 11.0. The minimum absolute atomic E-state index is 0.124. The number of anilines is 1. The molecule has 0 aliphatic heterocycles. The van der Waals surface area contributed by atoms with Crippen LogP contribution in [0.25, 0.3) is 0 Å². The van der Waals surface area contributed by atoms with E-state index in [1.54, 1.807) is 6.92 Å². The number of aliphatic carboxylic acids is 1. The number of hydrogen-bond donors (Lipinski definition) is 2. The second-order valence-corrected chi connectivity index (χ2v) is 4.15. The lowest BCUT2D eigenvalue weighted by Gasteiger charge is -1.93. The monoisotopic (exact) mass is 254 g/mol. The number of hydrogen-bond acceptors (Lipinski definition) is 5. The number of carboxylic acids is 1. The molecule has 0 bridgehead atoms. The van der Waals surface area contributed by atoms with Gasteiger partial charge in [-0.1, -0.05) is 11.3 Å². The highest BCUT2D eigenvalue weighted by molar-refractivity contribution is 7.17. The Bertz CT molecular complexity index is 504. The molecule has 0 saturated heterocycles. The molecule has 0 unspecified atom stereocenters. The highest BCUT2D eigenvalue weighted by Crippen LogP contribution is 2.22. The van der Waals surface area contributed by atoms with Crippen LogP contribution in [0.3, 0.4) is 0 Å². The Morgan fingerprint density at radius 2 is 2.00 bits per heavy atom. The number of aryl methyl sites for hydroxylation is 1. The fourth-order valence-electron chi connectivity index (χ4n) is 1.07. The molecule has 0 fully saturated rings. The zero-order valence-corrected chi connectivity index (χ0v) is 10.00. The summed E-state index contributed by atoms with van der Waals surface area (Å²) in [5.74, 6) is -1.93. The third kappa shape index (κ3) is 3.80. The number of nitrogens with zero attached hydrogens (tertiary/aromatic N) is 1. The van der Waals surface area contributed by atoms with Crippen LogP contribution in [0.15, 0.2) is 12.2 Å². The van der Waals surface area contributed by atoms with E-state index in [0.717, 1.165) is 23.5 Å². The van der Waals surface area contributed by atoms with Crippen LogP contribution in [-0.2, 0) is 9.59 Å². The van der Waals surface area contributed by atoms with E-state index < -0.39 is 11.9 Å². The molecular formula is C10H10N2O4S. The molecule has 1 rings (SSSR count). The van der Waals surface area contributed by atoms with E-state index in [4.69, 9.17) is 5.11 Å². The normalized spacial score (nSPS) is 10.5. The molecule has 0 aliphatic rings. The van der Waals surface area contributed by atoms with Gasteiger partial charge in [-0.15, -0.1) is 0 Å². The number of rotatable bonds is 4. The van der Waals surface area contributed by atoms with Gasteiger partial charge in [0.25, 0.3) is 0 Å². The number of carbonyl (C=O) groups excluding carboxylic acids is 2. The van der Waals surface area contributed by atoms with Crippen LogP contribution in [0.5, 0.6) is 0 Å². The van der Waals surface area contributed by atoms with Gasteiger partial charge in [0.05, 0.1) is 10.6 Å². The Labute approximate surface area is 101 Å². The molecule has 1 aromatic heterocycles. The van der Waals surface area contributed by atoms with Crippen LogP contribution in [0.4, 0.5) is 5.13 Å². The molecule has 0 aliphatic carbocycles. The van der Waals surface area contributed by atoms with Gasteiger partial charge in [0.2, 0.25) is 5.91 Å². The summed E-state index contributed by atoms with van der Waals surface area (Å²) >= 11 is 1.06. The standard InChI is InChI=1S/C10H10N2O4S/c1-5-9(6(2)13)17-10(11-5)12-7(14)3-4-8(15)16/h3-4H,1-2H3,(H,15,16)(H,11,12,14)/b4-3+. The quantitative estimate of drug-likeness (QED) is 0.622. The third-order valence-corrected chi connectivity index (χ3v) is 2.90. The smallest absolute Gasteiger partial charge is 0.328 e. The van der Waals surface area contributed by atoms with E-state index in [-0.39, 0.29) is 10.9 Å². The molecular weight excluding hydrogens is 244 g/mol. The lowest BCUT2D eigenvalue weighted by molar-refractivity contribution is -0.131. The van der Waals surface area contributed by atoms with Gasteiger partial charge in [0.15, 0.2) is 10.9 Å². The van der Waals surface area contributed by atoms with Gasteiger partial charge in [-0.05, 0) is 6.92 Å². The second kappa shape index (κ2) is 5.35. The van der Waals surface area contributed by atoms with Gasteiger partial charge in [0.1, 0.15) is 0 Å². The summed E-state index contributed by atoms with van der Waals surface area (Å²) in [6, 6.07) is 0. The number of nitrogens with one attached hydrogen (secondary N) is 1. The van der Waals surface area contributed by atoms with Crippen LogP contribution in [0.2, 0.25) is 0 Å². The van der Waals surface area contributed by atoms with Crippen molar-refractivity contribution in [2.75, 3.05) is 5.32 Å². The number of carboxylic acid groups (broad SMARTS) is 1. The van der Waals surface area contributed by atoms with Crippen LogP contribution in [0, 0.1) is 6.92 Å². The first kappa shape index (κ1) is 13.0. The maximum atomic E-state index is 11.2. The van der Waals surface area contributed by atoms with Gasteiger partial charge in [-0.25, -0.2) is 9.78 Å². The first-order valence-electron chi connectivity index (χ1n) is 4.60. The van der Waals surface area contributed by atoms with Crippen molar-refractivity contribution in [3.63, 3.8) is 0 Å². The average Bonchev–Trinajstić information content (AvgIpc) is 2.56. The number of ketones is 1. The minimum atomic E-state index is -1.21. The molecule has 0 saturated carbocycles. The fourth-order valence-corrected chi connectivity index (χ4v) is 1.94. The van der Waals surface area contributed by atoms with Crippen LogP contribution in [0.1, 0.15) is 22.3 Å². The molecule has 0 spiro atoms. The summed E-state index contributed by atoms with van der Waals surface area (Å²) in [5.41, 5.74) is 0.542. The number of thiazole rings is 1. The lowest BCUT2D eigenvalue weighted by Crippen LogP contribution is -2.08. The second-order valence-electron chi connectivity index (χ2n) is 3.15. The summed E-state index contributed by atoms with van der Waals surface area (Å²) in [6.45, 7) is 3.08. The topological polar surface area (TPSA) is 96.4 Å². The first-order chi connectivity index (χ1) is 7.90. The van der Waals surface area contributed by atoms with Gasteiger partial charge < -0.3 is 5.11 Å². The van der Waals surface area contributed by atoms with Crippen molar-refractivity contribution in [3.8, 4) is 0 Å². The van der Waals surface area contributed by atoms with Crippen LogP contribution >= 0.6 is 11.3 Å². The summed E-state index contributed by atoms with van der Waals surface area (Å²) in [6.07, 6.45) is 1.61. The fraction of sp³-hybridized carbons (Fsp3) is 0.200. The van der Waals surface area contributed by atoms with E-state index in [9.17, 15) is 14.4 Å². The van der Waals surface area contributed by atoms with Crippen molar-refractivity contribution < 1.29 is 19.5 Å². The predicted molar refractivity (Wildman–Crippen MR) is 62.3 cm³/mol. The first-order valence-corrected chi connectivity index (χ1v) is 5.42. The van der Waals surface area contributed by atoms with E-state index >= 15 is 0 Å². The van der Waals surface area contributed by atoms with Crippen LogP contribution in [-0.4, -0.2) is 27.8 Å². The van der Waals surface area contributed by atoms with Gasteiger partial charge in [0, 0.05) is 19.1 Å². The molecule has 0 radical (unpaired) electrons. The number of Topliss-reactive ketones (excluding diaryl/α,β-unsaturated/α-hetero) is 1. The maximum absolute atomic E-state index is 11.2. The molecule has 1 amide bonds. The Kier molecular flexibility index (Phi) is 4.11. The number of aromatic nitrogens is 1. The Morgan fingerprint density at radius 1 is 1.35 bits per heavy atom. The Morgan fingerprint density at radius 3 is 2.47 bits per heavy atom. The molecule has 90 valence electrons. The number of amides is 1. The maximum Gasteiger partial charge on any atom is 0.328 e. The predicted octanol–water partition coefficient (Wildman–Crippen LogP) is 1.23. The molecule has 1 aromatic rings. The van der Waals surface area contributed by atoms with Crippen molar-refractivity contribution in [1.82, 2.24) is 4.98 Å². The molecule has 7 heteroatoms. The third-order valence-electron chi connectivity index (χ3n) is 1.72. The van der Waals surface area contributed by atoms with Crippen molar-refractivity contribution in [3.05, 3.63) is 22.7 Å². The van der Waals surface area contributed by atoms with Crippen LogP contribution < -0.4 is 5.32 Å². The Balaban J connectivity index is 2.76. The Hall–Kier alpha value is -2.02. The summed E-state index contributed by atoms with van der Waals surface area (Å²) in [4.78, 5) is 37.0. The zero-order chi connectivity index (χ0) is 13.0. The largest absolute Gasteiger partial charge is 0.478 e. The molecule has 0 atom stereocenters. The highest BCUT2D eigenvalue weighted by Gasteiger charge is 2.12. The average molecular weight is 254 g/mol. The molecule has 6 nitrogen and oxygen atoms in total. The van der Waals surface area contributed by atoms with Gasteiger partial charge in [-0.2, -0.15) is 0 Å². The molecule has 0 aromatic carbocycles.